The number of fused-ring (bicyclic) bond motifs is 7. The van der Waals surface area contributed by atoms with E-state index in [1.54, 1.807) is 0 Å². The third-order valence-corrected chi connectivity index (χ3v) is 12.2. The first-order chi connectivity index (χ1) is 28.4. The Morgan fingerprint density at radius 3 is 1.50 bits per heavy atom. The molecule has 1 aromatic heterocycles. The zero-order chi connectivity index (χ0) is 39.0. The molecule has 0 bridgehead atoms. The van der Waals surface area contributed by atoms with E-state index < -0.39 is 0 Å². The molecule has 0 aliphatic carbocycles. The fourth-order valence-corrected chi connectivity index (χ4v) is 9.19. The third-order valence-electron chi connectivity index (χ3n) is 12.2. The quantitative estimate of drug-likeness (QED) is 0.129. The summed E-state index contributed by atoms with van der Waals surface area (Å²) in [5.41, 5.74) is 12.1. The Labute approximate surface area is 338 Å². The molecule has 1 heterocycles. The summed E-state index contributed by atoms with van der Waals surface area (Å²) >= 11 is 0. The van der Waals surface area contributed by atoms with Gasteiger partial charge in [-0.15, -0.1) is 0 Å². The highest BCUT2D eigenvalue weighted by Gasteiger charge is 2.22. The average molecular weight is 740 g/mol. The lowest BCUT2D eigenvalue weighted by molar-refractivity contribution is 0.591. The minimum atomic E-state index is -0.00141. The van der Waals surface area contributed by atoms with E-state index in [2.05, 4.69) is 203 Å². The Morgan fingerprint density at radius 2 is 0.845 bits per heavy atom. The minimum absolute atomic E-state index is 0.00141. The molecule has 10 aromatic carbocycles. The van der Waals surface area contributed by atoms with Gasteiger partial charge in [-0.05, 0) is 146 Å². The molecule has 1 nitrogen and oxygen atoms in total. The van der Waals surface area contributed by atoms with Crippen molar-refractivity contribution >= 4 is 64.8 Å². The summed E-state index contributed by atoms with van der Waals surface area (Å²) in [5.74, 6) is 0. The lowest BCUT2D eigenvalue weighted by atomic mass is 9.80. The van der Waals surface area contributed by atoms with Crippen molar-refractivity contribution in [2.75, 3.05) is 0 Å². The van der Waals surface area contributed by atoms with E-state index in [1.807, 2.05) is 12.3 Å². The fraction of sp³-hybridized carbons (Fsp3) is 0.0702. The first-order valence-electron chi connectivity index (χ1n) is 20.3. The molecular weight excluding hydrogens is 699 g/mol. The molecule has 0 spiro atoms. The van der Waals surface area contributed by atoms with Gasteiger partial charge in [0.05, 0.1) is 5.52 Å². The van der Waals surface area contributed by atoms with Crippen molar-refractivity contribution in [1.82, 2.24) is 4.98 Å². The third kappa shape index (κ3) is 5.65. The zero-order valence-corrected chi connectivity index (χ0v) is 32.9. The van der Waals surface area contributed by atoms with Crippen LogP contribution in [0.3, 0.4) is 0 Å². The second-order valence-electron chi connectivity index (χ2n) is 16.8. The summed E-state index contributed by atoms with van der Waals surface area (Å²) in [4.78, 5) is 4.74. The summed E-state index contributed by atoms with van der Waals surface area (Å²) in [7, 11) is 0. The smallest absolute Gasteiger partial charge is 0.0714 e. The molecule has 0 saturated carbocycles. The molecule has 0 unspecified atom stereocenters. The summed E-state index contributed by atoms with van der Waals surface area (Å²) < 4.78 is 0. The molecule has 0 aliphatic heterocycles. The van der Waals surface area contributed by atoms with Gasteiger partial charge in [-0.1, -0.05) is 172 Å². The van der Waals surface area contributed by atoms with E-state index in [0.29, 0.717) is 0 Å². The minimum Gasteiger partial charge on any atom is -0.256 e. The molecule has 58 heavy (non-hydrogen) atoms. The summed E-state index contributed by atoms with van der Waals surface area (Å²) in [5, 5.41) is 13.7. The Bertz CT molecular complexity index is 3420. The van der Waals surface area contributed by atoms with E-state index in [9.17, 15) is 0 Å². The van der Waals surface area contributed by atoms with Crippen LogP contribution in [0.4, 0.5) is 0 Å². The summed E-state index contributed by atoms with van der Waals surface area (Å²) in [6, 6.07) is 69.9. The highest BCUT2D eigenvalue weighted by Crippen LogP contribution is 2.47. The number of hydrogen-bond donors (Lipinski definition) is 0. The maximum Gasteiger partial charge on any atom is 0.0714 e. The molecule has 0 atom stereocenters. The van der Waals surface area contributed by atoms with E-state index in [1.165, 1.54) is 109 Å². The molecule has 1 heteroatoms. The predicted molar refractivity (Wildman–Crippen MR) is 250 cm³/mol. The average Bonchev–Trinajstić information content (AvgIpc) is 3.27. The number of aromatic nitrogens is 1. The van der Waals surface area contributed by atoms with E-state index in [-0.39, 0.29) is 5.41 Å². The van der Waals surface area contributed by atoms with Crippen molar-refractivity contribution in [3.05, 3.63) is 200 Å². The van der Waals surface area contributed by atoms with Crippen molar-refractivity contribution in [2.45, 2.75) is 26.2 Å². The molecule has 0 fully saturated rings. The largest absolute Gasteiger partial charge is 0.256 e. The number of pyridine rings is 1. The van der Waals surface area contributed by atoms with Crippen LogP contribution in [0.15, 0.2) is 194 Å². The van der Waals surface area contributed by atoms with Crippen LogP contribution in [0.2, 0.25) is 0 Å². The van der Waals surface area contributed by atoms with Gasteiger partial charge in [-0.25, -0.2) is 0 Å². The Hall–Kier alpha value is -7.09. The molecule has 0 aliphatic rings. The highest BCUT2D eigenvalue weighted by atomic mass is 14.6. The monoisotopic (exact) mass is 739 g/mol. The molecule has 11 rings (SSSR count). The molecular formula is C57H41N. The Balaban J connectivity index is 1.16. The van der Waals surface area contributed by atoms with Gasteiger partial charge in [-0.3, -0.25) is 4.98 Å². The second-order valence-corrected chi connectivity index (χ2v) is 16.8. The topological polar surface area (TPSA) is 12.9 Å². The lowest BCUT2D eigenvalue weighted by Gasteiger charge is -2.23. The van der Waals surface area contributed by atoms with Crippen molar-refractivity contribution < 1.29 is 0 Å². The van der Waals surface area contributed by atoms with Crippen LogP contribution in [0, 0.1) is 0 Å². The van der Waals surface area contributed by atoms with Gasteiger partial charge in [0, 0.05) is 11.6 Å². The summed E-state index contributed by atoms with van der Waals surface area (Å²) in [6.07, 6.45) is 1.88. The van der Waals surface area contributed by atoms with Crippen LogP contribution >= 0.6 is 0 Å². The van der Waals surface area contributed by atoms with Gasteiger partial charge >= 0.3 is 0 Å². The predicted octanol–water partition coefficient (Wildman–Crippen LogP) is 16.0. The van der Waals surface area contributed by atoms with Crippen LogP contribution in [0.5, 0.6) is 0 Å². The normalized spacial score (nSPS) is 12.1. The van der Waals surface area contributed by atoms with Crippen molar-refractivity contribution in [3.8, 4) is 44.5 Å². The van der Waals surface area contributed by atoms with Gasteiger partial charge < -0.3 is 0 Å². The Kier molecular flexibility index (Phi) is 7.81. The van der Waals surface area contributed by atoms with Crippen molar-refractivity contribution in [1.29, 1.82) is 0 Å². The van der Waals surface area contributed by atoms with E-state index in [0.717, 1.165) is 5.52 Å². The van der Waals surface area contributed by atoms with Gasteiger partial charge in [-0.2, -0.15) is 0 Å². The van der Waals surface area contributed by atoms with Gasteiger partial charge in [0.15, 0.2) is 0 Å². The molecule has 0 radical (unpaired) electrons. The maximum absolute atomic E-state index is 4.74. The molecule has 0 amide bonds. The first kappa shape index (κ1) is 34.2. The number of nitrogens with zero attached hydrogens (tertiary/aromatic N) is 1. The van der Waals surface area contributed by atoms with Crippen LogP contribution < -0.4 is 0 Å². The maximum atomic E-state index is 4.74. The zero-order valence-electron chi connectivity index (χ0n) is 32.9. The van der Waals surface area contributed by atoms with Crippen LogP contribution in [-0.4, -0.2) is 4.98 Å². The van der Waals surface area contributed by atoms with Gasteiger partial charge in [0.2, 0.25) is 0 Å². The van der Waals surface area contributed by atoms with Crippen LogP contribution in [0.1, 0.15) is 26.3 Å². The number of rotatable bonds is 4. The van der Waals surface area contributed by atoms with E-state index >= 15 is 0 Å². The molecule has 0 N–H and O–H groups in total. The molecule has 0 saturated heterocycles. The molecule has 274 valence electrons. The van der Waals surface area contributed by atoms with Crippen molar-refractivity contribution in [3.63, 3.8) is 0 Å². The van der Waals surface area contributed by atoms with Gasteiger partial charge in [0.1, 0.15) is 0 Å². The fourth-order valence-electron chi connectivity index (χ4n) is 9.19. The van der Waals surface area contributed by atoms with Gasteiger partial charge in [0.25, 0.3) is 0 Å². The lowest BCUT2D eigenvalue weighted by Crippen LogP contribution is -2.10. The van der Waals surface area contributed by atoms with E-state index in [4.69, 9.17) is 4.98 Å². The molecule has 11 aromatic rings. The number of hydrogen-bond acceptors (Lipinski definition) is 1. The first-order valence-corrected chi connectivity index (χ1v) is 20.3. The van der Waals surface area contributed by atoms with Crippen LogP contribution in [-0.2, 0) is 5.41 Å². The highest BCUT2D eigenvalue weighted by molar-refractivity contribution is 6.23. The van der Waals surface area contributed by atoms with Crippen LogP contribution in [0.25, 0.3) is 109 Å². The van der Waals surface area contributed by atoms with Crippen molar-refractivity contribution in [2.24, 2.45) is 0 Å². The summed E-state index contributed by atoms with van der Waals surface area (Å²) in [6.45, 7) is 6.93. The number of benzene rings is 10. The SMILES string of the molecule is CC(C)(C)c1ccc2c(-c3ccc4ccccc4c3)c3cc(-c4ccc(-c5cc6ncccc6c6ccccc56)cc4)ccc3c(-c3ccc4ccccc4c3)c2c1. The Morgan fingerprint density at radius 1 is 0.328 bits per heavy atom. The standard InChI is InChI=1S/C57H41N/c1-57(2,3)45-27-29-50-53(34-45)56(44-25-21-37-12-5-7-14-41(37)32-44)49-28-26-42(33-52(49)55(50)43-24-20-36-11-4-6-13-40(36)31-43)38-18-22-39(23-19-38)51-35-54-48(17-10-30-58-54)46-15-8-9-16-47(46)51/h4-35H,1-3H3. The second kappa shape index (κ2) is 13.3.